The molecule has 3 heteroatoms. The summed E-state index contributed by atoms with van der Waals surface area (Å²) in [4.78, 5) is 2.40. The maximum Gasteiger partial charge on any atom is 0.0992 e. The number of hydrogen-bond acceptors (Lipinski definition) is 3. The van der Waals surface area contributed by atoms with Crippen LogP contribution >= 0.6 is 0 Å². The molecule has 2 N–H and O–H groups in total. The number of nitrogens with zero attached hydrogens (tertiary/aromatic N) is 2. The van der Waals surface area contributed by atoms with Gasteiger partial charge in [0.1, 0.15) is 0 Å². The van der Waals surface area contributed by atoms with Crippen molar-refractivity contribution in [1.29, 1.82) is 5.26 Å². The highest BCUT2D eigenvalue weighted by molar-refractivity contribution is 5.53. The van der Waals surface area contributed by atoms with E-state index in [9.17, 15) is 0 Å². The Balaban J connectivity index is 2.25. The second kappa shape index (κ2) is 4.99. The first kappa shape index (κ1) is 12.9. The Kier molecular flexibility index (Phi) is 3.58. The van der Waals surface area contributed by atoms with Gasteiger partial charge in [0.15, 0.2) is 0 Å². The van der Waals surface area contributed by atoms with Gasteiger partial charge in [0, 0.05) is 17.8 Å². The minimum Gasteiger partial charge on any atom is -0.366 e. The fourth-order valence-corrected chi connectivity index (χ4v) is 2.96. The number of nitrogens with two attached hydrogens (primary N) is 1. The summed E-state index contributed by atoms with van der Waals surface area (Å²) in [6.07, 6.45) is 2.25. The van der Waals surface area contributed by atoms with Crippen LogP contribution < -0.4 is 10.6 Å². The lowest BCUT2D eigenvalue weighted by atomic mass is 9.82. The van der Waals surface area contributed by atoms with Crippen LogP contribution in [-0.2, 0) is 0 Å². The quantitative estimate of drug-likeness (QED) is 0.868. The van der Waals surface area contributed by atoms with Crippen LogP contribution in [0.25, 0.3) is 0 Å². The summed E-state index contributed by atoms with van der Waals surface area (Å²) in [6.45, 7) is 6.31. The molecule has 0 aromatic heterocycles. The Labute approximate surface area is 109 Å². The molecule has 0 amide bonds. The van der Waals surface area contributed by atoms with Crippen molar-refractivity contribution >= 4 is 5.69 Å². The van der Waals surface area contributed by atoms with Gasteiger partial charge in [0.05, 0.1) is 11.6 Å². The molecule has 3 nitrogen and oxygen atoms in total. The zero-order valence-corrected chi connectivity index (χ0v) is 11.2. The van der Waals surface area contributed by atoms with E-state index in [2.05, 4.69) is 30.9 Å². The third kappa shape index (κ3) is 2.49. The highest BCUT2D eigenvalue weighted by Crippen LogP contribution is 2.35. The summed E-state index contributed by atoms with van der Waals surface area (Å²) in [6, 6.07) is 10.1. The molecular weight excluding hydrogens is 222 g/mol. The maximum atomic E-state index is 8.99. The van der Waals surface area contributed by atoms with Gasteiger partial charge >= 0.3 is 0 Å². The monoisotopic (exact) mass is 243 g/mol. The van der Waals surface area contributed by atoms with E-state index in [1.54, 1.807) is 0 Å². The zero-order valence-electron chi connectivity index (χ0n) is 11.2. The lowest BCUT2D eigenvalue weighted by Gasteiger charge is -2.47. The molecule has 1 aliphatic heterocycles. The number of piperidine rings is 1. The van der Waals surface area contributed by atoms with Crippen molar-refractivity contribution in [1.82, 2.24) is 0 Å². The maximum absolute atomic E-state index is 8.99. The van der Waals surface area contributed by atoms with Crippen LogP contribution in [-0.4, -0.2) is 18.6 Å². The molecule has 18 heavy (non-hydrogen) atoms. The van der Waals surface area contributed by atoms with Crippen molar-refractivity contribution in [3.63, 3.8) is 0 Å². The van der Waals surface area contributed by atoms with Crippen molar-refractivity contribution in [2.75, 3.05) is 18.0 Å². The Morgan fingerprint density at radius 2 is 2.28 bits per heavy atom. The summed E-state index contributed by atoms with van der Waals surface area (Å²) in [5, 5.41) is 8.99. The molecule has 1 saturated heterocycles. The average Bonchev–Trinajstić information content (AvgIpc) is 2.37. The van der Waals surface area contributed by atoms with Gasteiger partial charge < -0.3 is 10.6 Å². The molecule has 0 saturated carbocycles. The van der Waals surface area contributed by atoms with E-state index in [4.69, 9.17) is 11.0 Å². The average molecular weight is 243 g/mol. The molecule has 1 unspecified atom stereocenters. The van der Waals surface area contributed by atoms with E-state index in [0.717, 1.165) is 37.2 Å². The number of benzene rings is 1. The fraction of sp³-hybridized carbons (Fsp3) is 0.533. The molecule has 1 aromatic rings. The van der Waals surface area contributed by atoms with Gasteiger partial charge in [-0.15, -0.1) is 0 Å². The van der Waals surface area contributed by atoms with Crippen LogP contribution in [0.5, 0.6) is 0 Å². The topological polar surface area (TPSA) is 53.0 Å². The summed E-state index contributed by atoms with van der Waals surface area (Å²) in [5.41, 5.74) is 7.77. The van der Waals surface area contributed by atoms with Crippen LogP contribution in [0.4, 0.5) is 5.69 Å². The molecule has 1 atom stereocenters. The standard InChI is InChI=1S/C15H21N3/c1-15(2)9-13(11-17)6-7-18(15)14-5-3-4-12(8-14)10-16/h3-5,8,13H,6-7,9,11,17H2,1-2H3. The third-order valence-electron chi connectivity index (χ3n) is 3.90. The predicted molar refractivity (Wildman–Crippen MR) is 74.4 cm³/mol. The SMILES string of the molecule is CC1(C)CC(CN)CCN1c1cccc(C#N)c1. The molecule has 1 aromatic carbocycles. The van der Waals surface area contributed by atoms with Gasteiger partial charge in [0.2, 0.25) is 0 Å². The van der Waals surface area contributed by atoms with Crippen LogP contribution in [0.1, 0.15) is 32.3 Å². The Hall–Kier alpha value is -1.53. The third-order valence-corrected chi connectivity index (χ3v) is 3.90. The van der Waals surface area contributed by atoms with Crippen molar-refractivity contribution in [3.8, 4) is 6.07 Å². The molecule has 0 radical (unpaired) electrons. The lowest BCUT2D eigenvalue weighted by Crippen LogP contribution is -2.51. The highest BCUT2D eigenvalue weighted by Gasteiger charge is 2.34. The minimum atomic E-state index is 0.108. The molecule has 0 spiro atoms. The Bertz CT molecular complexity index is 459. The molecule has 0 aliphatic carbocycles. The van der Waals surface area contributed by atoms with Crippen LogP contribution in [0, 0.1) is 17.2 Å². The number of hydrogen-bond donors (Lipinski definition) is 1. The van der Waals surface area contributed by atoms with E-state index >= 15 is 0 Å². The fourth-order valence-electron chi connectivity index (χ4n) is 2.96. The molecular formula is C15H21N3. The van der Waals surface area contributed by atoms with Crippen molar-refractivity contribution in [2.45, 2.75) is 32.2 Å². The van der Waals surface area contributed by atoms with Gasteiger partial charge in [0.25, 0.3) is 0 Å². The Morgan fingerprint density at radius 3 is 2.89 bits per heavy atom. The first-order valence-corrected chi connectivity index (χ1v) is 6.54. The van der Waals surface area contributed by atoms with E-state index < -0.39 is 0 Å². The molecule has 2 rings (SSSR count). The largest absolute Gasteiger partial charge is 0.366 e. The molecule has 0 bridgehead atoms. The van der Waals surface area contributed by atoms with Gasteiger partial charge in [-0.25, -0.2) is 0 Å². The van der Waals surface area contributed by atoms with Gasteiger partial charge in [-0.1, -0.05) is 6.07 Å². The zero-order chi connectivity index (χ0) is 13.2. The van der Waals surface area contributed by atoms with Gasteiger partial charge in [-0.2, -0.15) is 5.26 Å². The van der Waals surface area contributed by atoms with Crippen LogP contribution in [0.15, 0.2) is 24.3 Å². The highest BCUT2D eigenvalue weighted by atomic mass is 15.2. The molecule has 1 aliphatic rings. The molecule has 1 fully saturated rings. The summed E-state index contributed by atoms with van der Waals surface area (Å²) in [5.74, 6) is 0.621. The molecule has 96 valence electrons. The summed E-state index contributed by atoms with van der Waals surface area (Å²) < 4.78 is 0. The van der Waals surface area contributed by atoms with Crippen molar-refractivity contribution < 1.29 is 0 Å². The second-order valence-electron chi connectivity index (χ2n) is 5.72. The van der Waals surface area contributed by atoms with E-state index in [1.807, 2.05) is 18.2 Å². The molecule has 1 heterocycles. The van der Waals surface area contributed by atoms with E-state index in [-0.39, 0.29) is 5.54 Å². The number of anilines is 1. The van der Waals surface area contributed by atoms with Crippen molar-refractivity contribution in [3.05, 3.63) is 29.8 Å². The summed E-state index contributed by atoms with van der Waals surface area (Å²) in [7, 11) is 0. The minimum absolute atomic E-state index is 0.108. The van der Waals surface area contributed by atoms with E-state index in [1.165, 1.54) is 0 Å². The van der Waals surface area contributed by atoms with Crippen molar-refractivity contribution in [2.24, 2.45) is 11.7 Å². The predicted octanol–water partition coefficient (Wildman–Crippen LogP) is 2.51. The number of rotatable bonds is 2. The smallest absolute Gasteiger partial charge is 0.0992 e. The summed E-state index contributed by atoms with van der Waals surface area (Å²) >= 11 is 0. The van der Waals surface area contributed by atoms with Crippen LogP contribution in [0.3, 0.4) is 0 Å². The van der Waals surface area contributed by atoms with Gasteiger partial charge in [-0.05, 0) is 57.4 Å². The lowest BCUT2D eigenvalue weighted by molar-refractivity contribution is 0.279. The first-order chi connectivity index (χ1) is 8.56. The van der Waals surface area contributed by atoms with Gasteiger partial charge in [-0.3, -0.25) is 0 Å². The normalized spacial score (nSPS) is 22.6. The second-order valence-corrected chi connectivity index (χ2v) is 5.72. The van der Waals surface area contributed by atoms with E-state index in [0.29, 0.717) is 5.92 Å². The van der Waals surface area contributed by atoms with Crippen LogP contribution in [0.2, 0.25) is 0 Å². The number of nitriles is 1. The first-order valence-electron chi connectivity index (χ1n) is 6.54. The Morgan fingerprint density at radius 1 is 1.50 bits per heavy atom.